The molecule has 0 unspecified atom stereocenters. The maximum atomic E-state index is 11.2. The standard InChI is InChI=1S/C38H30N2O3/c41-27-29-11-15-33(16-12-29)39(31-7-3-1-4-8-31)35-19-23-37(24-20-35)43-38-25-21-36(22-26-38)40(32-9-5-2-6-10-32)34-17-13-30(28-42)14-18-34/h1-27,42H,28H2. The third-order valence-corrected chi connectivity index (χ3v) is 7.12. The number of hydrogen-bond acceptors (Lipinski definition) is 5. The number of aliphatic hydroxyl groups excluding tert-OH is 1. The first kappa shape index (κ1) is 27.5. The van der Waals surface area contributed by atoms with Gasteiger partial charge in [-0.3, -0.25) is 4.79 Å². The summed E-state index contributed by atoms with van der Waals surface area (Å²) in [4.78, 5) is 15.5. The molecule has 6 rings (SSSR count). The summed E-state index contributed by atoms with van der Waals surface area (Å²) < 4.78 is 6.23. The lowest BCUT2D eigenvalue weighted by molar-refractivity contribution is 0.112. The lowest BCUT2D eigenvalue weighted by Crippen LogP contribution is -2.10. The number of anilines is 6. The average molecular weight is 563 g/mol. The maximum absolute atomic E-state index is 11.2. The third kappa shape index (κ3) is 6.32. The number of aliphatic hydroxyl groups is 1. The summed E-state index contributed by atoms with van der Waals surface area (Å²) in [5.41, 5.74) is 7.47. The van der Waals surface area contributed by atoms with E-state index in [-0.39, 0.29) is 6.61 Å². The molecule has 6 aromatic carbocycles. The van der Waals surface area contributed by atoms with Gasteiger partial charge >= 0.3 is 0 Å². The van der Waals surface area contributed by atoms with Crippen LogP contribution < -0.4 is 14.5 Å². The average Bonchev–Trinajstić information content (AvgIpc) is 3.08. The second-order valence-corrected chi connectivity index (χ2v) is 9.97. The highest BCUT2D eigenvalue weighted by atomic mass is 16.5. The predicted octanol–water partition coefficient (Wildman–Crippen LogP) is 9.72. The summed E-state index contributed by atoms with van der Waals surface area (Å²) in [7, 11) is 0. The van der Waals surface area contributed by atoms with Gasteiger partial charge in [0.15, 0.2) is 0 Å². The van der Waals surface area contributed by atoms with Crippen molar-refractivity contribution in [1.29, 1.82) is 0 Å². The van der Waals surface area contributed by atoms with Crippen LogP contribution in [0.3, 0.4) is 0 Å². The lowest BCUT2D eigenvalue weighted by atomic mass is 10.1. The van der Waals surface area contributed by atoms with E-state index in [9.17, 15) is 9.90 Å². The van der Waals surface area contributed by atoms with Gasteiger partial charge in [-0.2, -0.15) is 0 Å². The van der Waals surface area contributed by atoms with Gasteiger partial charge in [-0.15, -0.1) is 0 Å². The summed E-state index contributed by atoms with van der Waals surface area (Å²) in [5, 5.41) is 9.48. The molecule has 0 spiro atoms. The Bertz CT molecular complexity index is 1750. The zero-order valence-corrected chi connectivity index (χ0v) is 23.5. The number of nitrogens with zero attached hydrogens (tertiary/aromatic N) is 2. The van der Waals surface area contributed by atoms with Gasteiger partial charge in [-0.05, 0) is 115 Å². The molecule has 0 heterocycles. The van der Waals surface area contributed by atoms with Crippen molar-refractivity contribution in [1.82, 2.24) is 0 Å². The second-order valence-electron chi connectivity index (χ2n) is 9.97. The number of benzene rings is 6. The normalized spacial score (nSPS) is 10.6. The van der Waals surface area contributed by atoms with Gasteiger partial charge in [0.05, 0.1) is 6.61 Å². The van der Waals surface area contributed by atoms with Gasteiger partial charge in [0, 0.05) is 39.7 Å². The van der Waals surface area contributed by atoms with Crippen molar-refractivity contribution in [2.75, 3.05) is 9.80 Å². The number of carbonyl (C=O) groups is 1. The summed E-state index contributed by atoms with van der Waals surface area (Å²) in [5.74, 6) is 1.45. The molecular weight excluding hydrogens is 532 g/mol. The summed E-state index contributed by atoms with van der Waals surface area (Å²) >= 11 is 0. The molecule has 0 aliphatic heterocycles. The van der Waals surface area contributed by atoms with Crippen LogP contribution >= 0.6 is 0 Å². The molecule has 0 amide bonds. The van der Waals surface area contributed by atoms with Crippen molar-refractivity contribution >= 4 is 40.4 Å². The fourth-order valence-electron chi connectivity index (χ4n) is 4.96. The van der Waals surface area contributed by atoms with E-state index in [2.05, 4.69) is 34.1 Å². The SMILES string of the molecule is O=Cc1ccc(N(c2ccccc2)c2ccc(Oc3ccc(N(c4ccccc4)c4ccc(CO)cc4)cc3)cc2)cc1. The summed E-state index contributed by atoms with van der Waals surface area (Å²) in [6.45, 7) is 0.0113. The molecule has 43 heavy (non-hydrogen) atoms. The van der Waals surface area contributed by atoms with Crippen molar-refractivity contribution in [3.63, 3.8) is 0 Å². The number of ether oxygens (including phenoxy) is 1. The van der Waals surface area contributed by atoms with Crippen molar-refractivity contribution in [2.24, 2.45) is 0 Å². The maximum Gasteiger partial charge on any atom is 0.150 e. The first-order chi connectivity index (χ1) is 21.2. The molecular formula is C38H30N2O3. The molecule has 0 aliphatic carbocycles. The molecule has 0 saturated carbocycles. The van der Waals surface area contributed by atoms with Gasteiger partial charge in [0.25, 0.3) is 0 Å². The zero-order valence-electron chi connectivity index (χ0n) is 23.5. The number of para-hydroxylation sites is 2. The van der Waals surface area contributed by atoms with Crippen molar-refractivity contribution < 1.29 is 14.6 Å². The molecule has 5 heteroatoms. The Morgan fingerprint density at radius 1 is 0.465 bits per heavy atom. The first-order valence-corrected chi connectivity index (χ1v) is 14.1. The topological polar surface area (TPSA) is 53.0 Å². The van der Waals surface area contributed by atoms with Crippen molar-refractivity contribution in [2.45, 2.75) is 6.61 Å². The molecule has 210 valence electrons. The Hall–Kier alpha value is -5.65. The van der Waals surface area contributed by atoms with E-state index in [0.29, 0.717) is 5.56 Å². The van der Waals surface area contributed by atoms with E-state index in [1.54, 1.807) is 0 Å². The van der Waals surface area contributed by atoms with Crippen LogP contribution in [0.15, 0.2) is 158 Å². The lowest BCUT2D eigenvalue weighted by Gasteiger charge is -2.26. The van der Waals surface area contributed by atoms with E-state index < -0.39 is 0 Å². The highest BCUT2D eigenvalue weighted by Crippen LogP contribution is 2.38. The fourth-order valence-corrected chi connectivity index (χ4v) is 4.96. The zero-order chi connectivity index (χ0) is 29.4. The van der Waals surface area contributed by atoms with Crippen LogP contribution in [0, 0.1) is 0 Å². The van der Waals surface area contributed by atoms with Gasteiger partial charge in [-0.1, -0.05) is 48.5 Å². The second kappa shape index (κ2) is 12.9. The van der Waals surface area contributed by atoms with Crippen LogP contribution in [0.2, 0.25) is 0 Å². The smallest absolute Gasteiger partial charge is 0.150 e. The minimum absolute atomic E-state index is 0.0113. The Morgan fingerprint density at radius 3 is 1.19 bits per heavy atom. The van der Waals surface area contributed by atoms with E-state index in [1.165, 1.54) is 0 Å². The van der Waals surface area contributed by atoms with E-state index in [1.807, 2.05) is 133 Å². The number of rotatable bonds is 10. The van der Waals surface area contributed by atoms with Crippen LogP contribution in [-0.4, -0.2) is 11.4 Å². The van der Waals surface area contributed by atoms with Crippen molar-refractivity contribution in [3.8, 4) is 11.5 Å². The Balaban J connectivity index is 1.24. The van der Waals surface area contributed by atoms with Gasteiger partial charge < -0.3 is 19.6 Å². The first-order valence-electron chi connectivity index (χ1n) is 14.1. The predicted molar refractivity (Wildman–Crippen MR) is 174 cm³/mol. The largest absolute Gasteiger partial charge is 0.457 e. The van der Waals surface area contributed by atoms with Crippen LogP contribution in [0.5, 0.6) is 11.5 Å². The molecule has 0 radical (unpaired) electrons. The van der Waals surface area contributed by atoms with E-state index in [0.717, 1.165) is 57.5 Å². The number of aldehydes is 1. The van der Waals surface area contributed by atoms with E-state index in [4.69, 9.17) is 4.74 Å². The quantitative estimate of drug-likeness (QED) is 0.168. The molecule has 1 N–H and O–H groups in total. The van der Waals surface area contributed by atoms with Crippen molar-refractivity contribution in [3.05, 3.63) is 169 Å². The van der Waals surface area contributed by atoms with Crippen LogP contribution in [-0.2, 0) is 6.61 Å². The molecule has 0 aliphatic rings. The molecule has 0 saturated heterocycles. The highest BCUT2D eigenvalue weighted by molar-refractivity contribution is 5.80. The molecule has 5 nitrogen and oxygen atoms in total. The van der Waals surface area contributed by atoms with Crippen LogP contribution in [0.4, 0.5) is 34.1 Å². The van der Waals surface area contributed by atoms with Gasteiger partial charge in [0.2, 0.25) is 0 Å². The van der Waals surface area contributed by atoms with Gasteiger partial charge in [0.1, 0.15) is 17.8 Å². The summed E-state index contributed by atoms with van der Waals surface area (Å²) in [6.07, 6.45) is 0.851. The van der Waals surface area contributed by atoms with Crippen LogP contribution in [0.25, 0.3) is 0 Å². The summed E-state index contributed by atoms with van der Waals surface area (Å²) in [6, 6.07) is 51.7. The van der Waals surface area contributed by atoms with E-state index >= 15 is 0 Å². The molecule has 0 aromatic heterocycles. The number of hydrogen-bond donors (Lipinski definition) is 1. The van der Waals surface area contributed by atoms with Gasteiger partial charge in [-0.25, -0.2) is 0 Å². The number of carbonyl (C=O) groups excluding carboxylic acids is 1. The molecule has 0 bridgehead atoms. The monoisotopic (exact) mass is 562 g/mol. The molecule has 6 aromatic rings. The Kier molecular flexibility index (Phi) is 8.25. The minimum Gasteiger partial charge on any atom is -0.457 e. The Labute approximate surface area is 251 Å². The highest BCUT2D eigenvalue weighted by Gasteiger charge is 2.14. The molecule has 0 atom stereocenters. The Morgan fingerprint density at radius 2 is 0.814 bits per heavy atom. The molecule has 0 fully saturated rings. The third-order valence-electron chi connectivity index (χ3n) is 7.12. The minimum atomic E-state index is 0.0113. The fraction of sp³-hybridized carbons (Fsp3) is 0.0263. The van der Waals surface area contributed by atoms with Crippen LogP contribution in [0.1, 0.15) is 15.9 Å².